The normalized spacial score (nSPS) is 11.2. The smallest absolute Gasteiger partial charge is 0.326 e. The highest BCUT2D eigenvalue weighted by molar-refractivity contribution is 5.97. The maximum absolute atomic E-state index is 12.0. The second-order valence-corrected chi connectivity index (χ2v) is 5.39. The molecule has 1 unspecified atom stereocenters. The number of primary amides is 1. The van der Waals surface area contributed by atoms with Gasteiger partial charge in [-0.3, -0.25) is 19.7 Å². The Hall–Kier alpha value is -3.10. The zero-order chi connectivity index (χ0) is 19.5. The second-order valence-electron chi connectivity index (χ2n) is 5.39. The summed E-state index contributed by atoms with van der Waals surface area (Å²) in [5, 5.41) is 4.16. The summed E-state index contributed by atoms with van der Waals surface area (Å²) < 4.78 is 10.3. The van der Waals surface area contributed by atoms with Crippen LogP contribution in [0, 0.1) is 0 Å². The molecule has 0 fully saturated rings. The van der Waals surface area contributed by atoms with E-state index in [-0.39, 0.29) is 0 Å². The number of nitrogens with two attached hydrogens (primary N) is 1. The average Bonchev–Trinajstić information content (AvgIpc) is 2.60. The first-order chi connectivity index (χ1) is 12.3. The molecule has 1 atom stereocenters. The van der Waals surface area contributed by atoms with E-state index in [0.29, 0.717) is 17.9 Å². The summed E-state index contributed by atoms with van der Waals surface area (Å²) in [5.41, 5.74) is 5.14. The van der Waals surface area contributed by atoms with Crippen molar-refractivity contribution in [1.82, 2.24) is 10.6 Å². The minimum absolute atomic E-state index is 0.347. The fraction of sp³-hybridized carbons (Fsp3) is 0.412. The Morgan fingerprint density at radius 3 is 2.38 bits per heavy atom. The van der Waals surface area contributed by atoms with Crippen LogP contribution >= 0.6 is 0 Å². The van der Waals surface area contributed by atoms with Crippen LogP contribution in [0.1, 0.15) is 37.0 Å². The number of rotatable bonds is 9. The molecule has 4 N–H and O–H groups in total. The summed E-state index contributed by atoms with van der Waals surface area (Å²) >= 11 is 0. The van der Waals surface area contributed by atoms with E-state index in [1.54, 1.807) is 29.6 Å². The molecule has 26 heavy (non-hydrogen) atoms. The van der Waals surface area contributed by atoms with Crippen LogP contribution in [0.4, 0.5) is 4.79 Å². The largest absolute Gasteiger partial charge is 0.494 e. The molecule has 9 heteroatoms. The lowest BCUT2D eigenvalue weighted by atomic mass is 10.2. The molecule has 0 aliphatic carbocycles. The Morgan fingerprint density at radius 1 is 1.15 bits per heavy atom. The molecule has 0 saturated heterocycles. The second kappa shape index (κ2) is 10.7. The monoisotopic (exact) mass is 365 g/mol. The minimum Gasteiger partial charge on any atom is -0.494 e. The van der Waals surface area contributed by atoms with Crippen LogP contribution in [-0.4, -0.2) is 43.1 Å². The number of unbranched alkanes of at least 4 members (excludes halogenated alkanes) is 1. The maximum Gasteiger partial charge on any atom is 0.326 e. The summed E-state index contributed by atoms with van der Waals surface area (Å²) in [5.74, 6) is -1.50. The van der Waals surface area contributed by atoms with Crippen molar-refractivity contribution in [1.29, 1.82) is 0 Å². The van der Waals surface area contributed by atoms with E-state index >= 15 is 0 Å². The molecule has 9 nitrogen and oxygen atoms in total. The fourth-order valence-electron chi connectivity index (χ4n) is 1.81. The van der Waals surface area contributed by atoms with Gasteiger partial charge in [0.15, 0.2) is 6.10 Å². The Bertz CT molecular complexity index is 644. The van der Waals surface area contributed by atoms with Gasteiger partial charge in [0.1, 0.15) is 12.3 Å². The molecule has 0 radical (unpaired) electrons. The maximum atomic E-state index is 12.0. The molecule has 0 aliphatic heterocycles. The van der Waals surface area contributed by atoms with Gasteiger partial charge in [-0.25, -0.2) is 4.79 Å². The molecule has 0 aromatic heterocycles. The van der Waals surface area contributed by atoms with E-state index in [2.05, 4.69) is 12.2 Å². The average molecular weight is 365 g/mol. The van der Waals surface area contributed by atoms with E-state index in [0.717, 1.165) is 12.8 Å². The molecule has 0 heterocycles. The molecule has 142 valence electrons. The number of urea groups is 1. The van der Waals surface area contributed by atoms with Crippen LogP contribution in [-0.2, 0) is 14.3 Å². The molecule has 0 saturated carbocycles. The van der Waals surface area contributed by atoms with Gasteiger partial charge in [0.2, 0.25) is 0 Å². The molecule has 1 aromatic rings. The number of carbonyl (C=O) groups excluding carboxylic acids is 4. The summed E-state index contributed by atoms with van der Waals surface area (Å²) in [4.78, 5) is 45.6. The third kappa shape index (κ3) is 7.65. The van der Waals surface area contributed by atoms with E-state index in [9.17, 15) is 19.2 Å². The first kappa shape index (κ1) is 20.9. The quantitative estimate of drug-likeness (QED) is 0.436. The number of carbonyl (C=O) groups is 4. The molecule has 4 amide bonds. The summed E-state index contributed by atoms with van der Waals surface area (Å²) in [6.07, 6.45) is 0.756. The van der Waals surface area contributed by atoms with Crippen LogP contribution in [0.15, 0.2) is 24.3 Å². The van der Waals surface area contributed by atoms with E-state index in [1.807, 2.05) is 0 Å². The van der Waals surface area contributed by atoms with Crippen molar-refractivity contribution in [3.8, 4) is 5.75 Å². The summed E-state index contributed by atoms with van der Waals surface area (Å²) in [6.45, 7) is 3.51. The van der Waals surface area contributed by atoms with Crippen molar-refractivity contribution in [2.24, 2.45) is 5.73 Å². The van der Waals surface area contributed by atoms with Crippen molar-refractivity contribution in [2.45, 2.75) is 32.8 Å². The highest BCUT2D eigenvalue weighted by atomic mass is 16.5. The van der Waals surface area contributed by atoms with Crippen molar-refractivity contribution < 1.29 is 28.7 Å². The van der Waals surface area contributed by atoms with Gasteiger partial charge in [-0.05, 0) is 37.6 Å². The minimum atomic E-state index is -1.22. The lowest BCUT2D eigenvalue weighted by molar-refractivity contribution is -0.153. The SMILES string of the molecule is CCCCOc1ccc(C(=O)NCC(=O)OC(C)C(=O)NC(N)=O)cc1. The number of esters is 1. The van der Waals surface area contributed by atoms with E-state index in [1.165, 1.54) is 6.92 Å². The van der Waals surface area contributed by atoms with Gasteiger partial charge < -0.3 is 20.5 Å². The van der Waals surface area contributed by atoms with E-state index < -0.39 is 36.5 Å². The molecule has 0 aliphatic rings. The molecule has 0 spiro atoms. The third-order valence-electron chi connectivity index (χ3n) is 3.20. The predicted octanol–water partition coefficient (Wildman–Crippen LogP) is 0.722. The number of nitrogens with one attached hydrogen (secondary N) is 2. The van der Waals surface area contributed by atoms with Gasteiger partial charge in [0.05, 0.1) is 6.61 Å². The van der Waals surface area contributed by atoms with Crippen LogP contribution in [0.2, 0.25) is 0 Å². The van der Waals surface area contributed by atoms with E-state index in [4.69, 9.17) is 15.2 Å². The first-order valence-electron chi connectivity index (χ1n) is 8.14. The first-order valence-corrected chi connectivity index (χ1v) is 8.14. The lowest BCUT2D eigenvalue weighted by Gasteiger charge is -2.12. The zero-order valence-corrected chi connectivity index (χ0v) is 14.7. The summed E-state index contributed by atoms with van der Waals surface area (Å²) in [7, 11) is 0. The summed E-state index contributed by atoms with van der Waals surface area (Å²) in [6, 6.07) is 5.43. The van der Waals surface area contributed by atoms with Crippen LogP contribution in [0.5, 0.6) is 5.75 Å². The van der Waals surface area contributed by atoms with Gasteiger partial charge >= 0.3 is 12.0 Å². The third-order valence-corrected chi connectivity index (χ3v) is 3.20. The van der Waals surface area contributed by atoms with Crippen molar-refractivity contribution in [2.75, 3.05) is 13.2 Å². The number of ether oxygens (including phenoxy) is 2. The van der Waals surface area contributed by atoms with Crippen molar-refractivity contribution in [3.63, 3.8) is 0 Å². The van der Waals surface area contributed by atoms with Crippen LogP contribution in [0.3, 0.4) is 0 Å². The standard InChI is InChI=1S/C17H23N3O6/c1-3-4-9-25-13-7-5-12(6-8-13)16(23)19-10-14(21)26-11(2)15(22)20-17(18)24/h5-8,11H,3-4,9-10H2,1-2H3,(H,19,23)(H3,18,20,22,24). The number of amides is 4. The number of imide groups is 1. The number of benzene rings is 1. The molecule has 1 rings (SSSR count). The Balaban J connectivity index is 2.42. The van der Waals surface area contributed by atoms with Crippen molar-refractivity contribution in [3.05, 3.63) is 29.8 Å². The predicted molar refractivity (Wildman–Crippen MR) is 92.5 cm³/mol. The lowest BCUT2D eigenvalue weighted by Crippen LogP contribution is -2.43. The Morgan fingerprint density at radius 2 is 1.81 bits per heavy atom. The molecular formula is C17H23N3O6. The Kier molecular flexibility index (Phi) is 8.62. The van der Waals surface area contributed by atoms with Crippen LogP contribution < -0.4 is 21.1 Å². The zero-order valence-electron chi connectivity index (χ0n) is 14.7. The Labute approximate surface area is 151 Å². The highest BCUT2D eigenvalue weighted by Gasteiger charge is 2.19. The number of hydrogen-bond acceptors (Lipinski definition) is 6. The molecular weight excluding hydrogens is 342 g/mol. The van der Waals surface area contributed by atoms with Gasteiger partial charge in [-0.15, -0.1) is 0 Å². The molecule has 1 aromatic carbocycles. The highest BCUT2D eigenvalue weighted by Crippen LogP contribution is 2.12. The number of hydrogen-bond donors (Lipinski definition) is 3. The fourth-order valence-corrected chi connectivity index (χ4v) is 1.81. The van der Waals surface area contributed by atoms with Crippen LogP contribution in [0.25, 0.3) is 0 Å². The topological polar surface area (TPSA) is 137 Å². The van der Waals surface area contributed by atoms with Crippen molar-refractivity contribution >= 4 is 23.8 Å². The molecule has 0 bridgehead atoms. The van der Waals surface area contributed by atoms with Gasteiger partial charge in [0.25, 0.3) is 11.8 Å². The van der Waals surface area contributed by atoms with Gasteiger partial charge in [-0.1, -0.05) is 13.3 Å². The van der Waals surface area contributed by atoms with Gasteiger partial charge in [0, 0.05) is 5.56 Å². The van der Waals surface area contributed by atoms with Gasteiger partial charge in [-0.2, -0.15) is 0 Å².